The van der Waals surface area contributed by atoms with Crippen LogP contribution in [0.5, 0.6) is 0 Å². The van der Waals surface area contributed by atoms with Crippen LogP contribution in [0.25, 0.3) is 0 Å². The number of nitrogens with one attached hydrogen (secondary N) is 1. The van der Waals surface area contributed by atoms with E-state index in [-0.39, 0.29) is 27.6 Å². The van der Waals surface area contributed by atoms with E-state index < -0.39 is 10.0 Å². The minimum atomic E-state index is -3.77. The molecule has 1 atom stereocenters. The Kier molecular flexibility index (Phi) is 6.15. The van der Waals surface area contributed by atoms with E-state index >= 15 is 0 Å². The summed E-state index contributed by atoms with van der Waals surface area (Å²) in [5.41, 5.74) is 1.05. The van der Waals surface area contributed by atoms with Crippen molar-refractivity contribution in [3.63, 3.8) is 0 Å². The number of anilines is 1. The largest absolute Gasteiger partial charge is 0.338 e. The van der Waals surface area contributed by atoms with Gasteiger partial charge in [-0.2, -0.15) is 0 Å². The fraction of sp³-hybridized carbons (Fsp3) is 0.227. The molecule has 7 nitrogen and oxygen atoms in total. The number of likely N-dealkylation sites (tertiary alicyclic amines) is 1. The number of Topliss-reactive ketones (excluding diaryl/α,β-unsaturated/α-hetero) is 1. The van der Waals surface area contributed by atoms with Crippen LogP contribution in [0.15, 0.2) is 71.1 Å². The molecule has 2 aromatic carbocycles. The molecule has 1 aromatic heterocycles. The summed E-state index contributed by atoms with van der Waals surface area (Å²) in [6, 6.07) is 14.9. The highest BCUT2D eigenvalue weighted by Gasteiger charge is 2.29. The maximum Gasteiger partial charge on any atom is 0.263 e. The molecule has 1 N–H and O–H groups in total. The van der Waals surface area contributed by atoms with Gasteiger partial charge in [-0.25, -0.2) is 13.4 Å². The number of benzene rings is 2. The summed E-state index contributed by atoms with van der Waals surface area (Å²) in [5, 5.41) is 1.95. The van der Waals surface area contributed by atoms with Crippen LogP contribution in [0.3, 0.4) is 0 Å². The Balaban J connectivity index is 1.45. The minimum Gasteiger partial charge on any atom is -0.338 e. The highest BCUT2D eigenvalue weighted by Crippen LogP contribution is 2.23. The monoisotopic (exact) mass is 455 g/mol. The van der Waals surface area contributed by atoms with Gasteiger partial charge in [0.05, 0.1) is 4.90 Å². The van der Waals surface area contributed by atoms with Gasteiger partial charge in [0.15, 0.2) is 10.9 Å². The van der Waals surface area contributed by atoms with E-state index in [4.69, 9.17) is 0 Å². The first-order chi connectivity index (χ1) is 14.9. The molecule has 0 aliphatic carbocycles. The number of nitrogens with zero attached hydrogens (tertiary/aromatic N) is 2. The second kappa shape index (κ2) is 8.99. The van der Waals surface area contributed by atoms with Crippen molar-refractivity contribution in [2.24, 2.45) is 5.92 Å². The van der Waals surface area contributed by atoms with E-state index in [0.29, 0.717) is 24.2 Å². The van der Waals surface area contributed by atoms with Gasteiger partial charge in [-0.1, -0.05) is 30.3 Å². The van der Waals surface area contributed by atoms with E-state index in [2.05, 4.69) is 9.71 Å². The predicted octanol–water partition coefficient (Wildman–Crippen LogP) is 3.68. The number of carbonyl (C=O) groups excluding carboxylic acids is 2. The van der Waals surface area contributed by atoms with E-state index in [1.165, 1.54) is 41.8 Å². The fourth-order valence-electron chi connectivity index (χ4n) is 3.62. The van der Waals surface area contributed by atoms with Crippen LogP contribution < -0.4 is 4.72 Å². The Morgan fingerprint density at radius 1 is 1.03 bits per heavy atom. The zero-order valence-electron chi connectivity index (χ0n) is 16.6. The van der Waals surface area contributed by atoms with E-state index in [1.54, 1.807) is 22.4 Å². The van der Waals surface area contributed by atoms with Gasteiger partial charge in [-0.15, -0.1) is 11.3 Å². The number of hydrogen-bond donors (Lipinski definition) is 1. The quantitative estimate of drug-likeness (QED) is 0.572. The zero-order chi connectivity index (χ0) is 21.8. The molecule has 0 bridgehead atoms. The molecule has 4 rings (SSSR count). The molecule has 1 aliphatic heterocycles. The van der Waals surface area contributed by atoms with Crippen LogP contribution in [-0.2, 0) is 10.0 Å². The summed E-state index contributed by atoms with van der Waals surface area (Å²) in [6.45, 7) is 0.932. The lowest BCUT2D eigenvalue weighted by Crippen LogP contribution is -2.42. The second-order valence-electron chi connectivity index (χ2n) is 7.29. The summed E-state index contributed by atoms with van der Waals surface area (Å²) >= 11 is 1.18. The molecule has 0 spiro atoms. The van der Waals surface area contributed by atoms with Gasteiger partial charge in [-0.3, -0.25) is 14.3 Å². The van der Waals surface area contributed by atoms with Gasteiger partial charge in [0, 0.05) is 41.7 Å². The van der Waals surface area contributed by atoms with Crippen molar-refractivity contribution in [3.05, 3.63) is 77.3 Å². The highest BCUT2D eigenvalue weighted by atomic mass is 32.2. The van der Waals surface area contributed by atoms with Crippen molar-refractivity contribution in [3.8, 4) is 0 Å². The maximum atomic E-state index is 13.0. The lowest BCUT2D eigenvalue weighted by atomic mass is 9.89. The van der Waals surface area contributed by atoms with Gasteiger partial charge >= 0.3 is 0 Å². The summed E-state index contributed by atoms with van der Waals surface area (Å²) in [4.78, 5) is 31.4. The van der Waals surface area contributed by atoms with Crippen LogP contribution in [0.4, 0.5) is 5.13 Å². The number of ketones is 1. The number of rotatable bonds is 6. The molecule has 1 aliphatic rings. The first-order valence-corrected chi connectivity index (χ1v) is 12.2. The zero-order valence-corrected chi connectivity index (χ0v) is 18.2. The van der Waals surface area contributed by atoms with Gasteiger partial charge in [-0.05, 0) is 37.1 Å². The lowest BCUT2D eigenvalue weighted by Gasteiger charge is -2.32. The van der Waals surface area contributed by atoms with Crippen molar-refractivity contribution in [2.45, 2.75) is 17.7 Å². The Hall–Kier alpha value is -3.04. The third-order valence-corrected chi connectivity index (χ3v) is 7.38. The number of sulfonamides is 1. The summed E-state index contributed by atoms with van der Waals surface area (Å²) in [5.74, 6) is -0.391. The van der Waals surface area contributed by atoms with Crippen LogP contribution in [0.1, 0.15) is 33.6 Å². The molecule has 1 saturated heterocycles. The van der Waals surface area contributed by atoms with Crippen LogP contribution in [0.2, 0.25) is 0 Å². The Labute approximate surface area is 184 Å². The third-order valence-electron chi connectivity index (χ3n) is 5.20. The number of piperidine rings is 1. The molecule has 1 amide bonds. The van der Waals surface area contributed by atoms with Crippen molar-refractivity contribution >= 4 is 38.2 Å². The van der Waals surface area contributed by atoms with E-state index in [9.17, 15) is 18.0 Å². The lowest BCUT2D eigenvalue weighted by molar-refractivity contribution is 0.0637. The van der Waals surface area contributed by atoms with Crippen molar-refractivity contribution in [1.82, 2.24) is 9.88 Å². The minimum absolute atomic E-state index is 0.0489. The average molecular weight is 456 g/mol. The Morgan fingerprint density at radius 2 is 1.77 bits per heavy atom. The molecule has 160 valence electrons. The SMILES string of the molecule is O=C(c1ccccc1)C1CCCN(C(=O)c2ccc(S(=O)(=O)Nc3nccs3)cc2)C1. The fourth-order valence-corrected chi connectivity index (χ4v) is 5.41. The summed E-state index contributed by atoms with van der Waals surface area (Å²) in [7, 11) is -3.77. The number of aromatic nitrogens is 1. The standard InChI is InChI=1S/C22H21N3O4S2/c26-20(16-5-2-1-3-6-16)18-7-4-13-25(15-18)21(27)17-8-10-19(11-9-17)31(28,29)24-22-23-12-14-30-22/h1-3,5-6,8-12,14,18H,4,7,13,15H2,(H,23,24). The van der Waals surface area contributed by atoms with Crippen LogP contribution in [-0.4, -0.2) is 43.1 Å². The third kappa shape index (κ3) is 4.83. The first kappa shape index (κ1) is 21.2. The predicted molar refractivity (Wildman–Crippen MR) is 119 cm³/mol. The molecule has 1 unspecified atom stereocenters. The van der Waals surface area contributed by atoms with Crippen molar-refractivity contribution in [1.29, 1.82) is 0 Å². The smallest absolute Gasteiger partial charge is 0.263 e. The molecular formula is C22H21N3O4S2. The molecule has 0 saturated carbocycles. The molecule has 1 fully saturated rings. The number of thiazole rings is 1. The molecular weight excluding hydrogens is 434 g/mol. The number of carbonyl (C=O) groups is 2. The molecule has 9 heteroatoms. The van der Waals surface area contributed by atoms with Gasteiger partial charge < -0.3 is 4.90 Å². The second-order valence-corrected chi connectivity index (χ2v) is 9.86. The first-order valence-electron chi connectivity index (χ1n) is 9.85. The Morgan fingerprint density at radius 3 is 2.45 bits per heavy atom. The topological polar surface area (TPSA) is 96.4 Å². The van der Waals surface area contributed by atoms with Crippen LogP contribution in [0, 0.1) is 5.92 Å². The van der Waals surface area contributed by atoms with Gasteiger partial charge in [0.1, 0.15) is 0 Å². The average Bonchev–Trinajstić information content (AvgIpc) is 3.31. The van der Waals surface area contributed by atoms with Crippen LogP contribution >= 0.6 is 11.3 Å². The summed E-state index contributed by atoms with van der Waals surface area (Å²) < 4.78 is 27.3. The molecule has 2 heterocycles. The molecule has 3 aromatic rings. The maximum absolute atomic E-state index is 13.0. The van der Waals surface area contributed by atoms with Crippen molar-refractivity contribution < 1.29 is 18.0 Å². The van der Waals surface area contributed by atoms with E-state index in [1.807, 2.05) is 18.2 Å². The summed E-state index contributed by atoms with van der Waals surface area (Å²) in [6.07, 6.45) is 3.01. The van der Waals surface area contributed by atoms with Gasteiger partial charge in [0.25, 0.3) is 15.9 Å². The van der Waals surface area contributed by atoms with E-state index in [0.717, 1.165) is 12.8 Å². The molecule has 31 heavy (non-hydrogen) atoms. The number of hydrogen-bond acceptors (Lipinski definition) is 6. The normalized spacial score (nSPS) is 16.6. The molecule has 0 radical (unpaired) electrons. The highest BCUT2D eigenvalue weighted by molar-refractivity contribution is 7.93. The number of amides is 1. The van der Waals surface area contributed by atoms with Crippen molar-refractivity contribution in [2.75, 3.05) is 17.8 Å². The Bertz CT molecular complexity index is 1160. The van der Waals surface area contributed by atoms with Gasteiger partial charge in [0.2, 0.25) is 0 Å².